The average molecular weight is 271 g/mol. The maximum absolute atomic E-state index is 11.7. The molecule has 1 heterocycles. The maximum atomic E-state index is 11.7. The molecule has 7 heteroatoms. The predicted molar refractivity (Wildman–Crippen MR) is 48.2 cm³/mol. The Morgan fingerprint density at radius 2 is 2.46 bits per heavy atom. The summed E-state index contributed by atoms with van der Waals surface area (Å²) in [6.07, 6.45) is -2.53. The van der Waals surface area contributed by atoms with Gasteiger partial charge in [-0.15, -0.1) is 11.3 Å². The van der Waals surface area contributed by atoms with Gasteiger partial charge in [0.25, 0.3) is 12.3 Å². The fourth-order valence-electron chi connectivity index (χ4n) is 0.604. The summed E-state index contributed by atoms with van der Waals surface area (Å²) in [5.41, 5.74) is 0. The second-order valence-electron chi connectivity index (χ2n) is 2.08. The lowest BCUT2D eigenvalue weighted by Gasteiger charge is -1.99. The van der Waals surface area contributed by atoms with E-state index in [4.69, 9.17) is 0 Å². The van der Waals surface area contributed by atoms with Crippen LogP contribution in [0.15, 0.2) is 9.98 Å². The van der Waals surface area contributed by atoms with E-state index in [1.165, 1.54) is 0 Å². The summed E-state index contributed by atoms with van der Waals surface area (Å²) in [6, 6.07) is 0. The molecule has 1 aromatic rings. The van der Waals surface area contributed by atoms with Crippen molar-refractivity contribution in [1.82, 2.24) is 10.3 Å². The van der Waals surface area contributed by atoms with E-state index in [0.29, 0.717) is 4.60 Å². The van der Waals surface area contributed by atoms with Gasteiger partial charge in [0.2, 0.25) is 0 Å². The molecular weight excluding hydrogens is 266 g/mol. The summed E-state index contributed by atoms with van der Waals surface area (Å²) in [6.45, 7) is -0.643. The summed E-state index contributed by atoms with van der Waals surface area (Å²) in [4.78, 5) is 14.8. The number of amides is 1. The van der Waals surface area contributed by atoms with Gasteiger partial charge in [-0.2, -0.15) is 0 Å². The minimum Gasteiger partial charge on any atom is -0.344 e. The summed E-state index contributed by atoms with van der Waals surface area (Å²) in [5.74, 6) is -0.573. The second-order valence-corrected chi connectivity index (χ2v) is 3.75. The van der Waals surface area contributed by atoms with Gasteiger partial charge in [0.15, 0.2) is 5.01 Å². The van der Waals surface area contributed by atoms with Crippen molar-refractivity contribution in [3.05, 3.63) is 15.0 Å². The molecule has 0 aliphatic rings. The molecule has 13 heavy (non-hydrogen) atoms. The van der Waals surface area contributed by atoms with E-state index in [2.05, 4.69) is 20.9 Å². The van der Waals surface area contributed by atoms with Crippen LogP contribution in [0.3, 0.4) is 0 Å². The fraction of sp³-hybridized carbons (Fsp3) is 0.333. The number of alkyl halides is 2. The molecule has 0 bridgehead atoms. The first kappa shape index (κ1) is 10.5. The van der Waals surface area contributed by atoms with Crippen molar-refractivity contribution < 1.29 is 13.6 Å². The highest BCUT2D eigenvalue weighted by atomic mass is 79.9. The molecule has 0 aliphatic heterocycles. The lowest BCUT2D eigenvalue weighted by Crippen LogP contribution is -2.28. The van der Waals surface area contributed by atoms with Crippen molar-refractivity contribution in [2.75, 3.05) is 6.54 Å². The molecule has 0 aromatic carbocycles. The number of halogens is 3. The summed E-state index contributed by atoms with van der Waals surface area (Å²) < 4.78 is 23.9. The minimum absolute atomic E-state index is 0.174. The SMILES string of the molecule is O=C(NCC(F)F)c1nc(Br)cs1. The number of carbonyl (C=O) groups excluding carboxylic acids is 1. The van der Waals surface area contributed by atoms with Crippen LogP contribution in [-0.4, -0.2) is 23.9 Å². The summed E-state index contributed by atoms with van der Waals surface area (Å²) in [5, 5.41) is 3.83. The van der Waals surface area contributed by atoms with Crippen LogP contribution in [0.5, 0.6) is 0 Å². The Morgan fingerprint density at radius 1 is 1.77 bits per heavy atom. The van der Waals surface area contributed by atoms with E-state index < -0.39 is 18.9 Å². The van der Waals surface area contributed by atoms with Crippen molar-refractivity contribution in [2.24, 2.45) is 0 Å². The molecule has 3 nitrogen and oxygen atoms in total. The van der Waals surface area contributed by atoms with Crippen LogP contribution in [0.1, 0.15) is 9.80 Å². The monoisotopic (exact) mass is 270 g/mol. The first-order valence-electron chi connectivity index (χ1n) is 3.27. The predicted octanol–water partition coefficient (Wildman–Crippen LogP) is 1.90. The Hall–Kier alpha value is -0.560. The van der Waals surface area contributed by atoms with E-state index in [9.17, 15) is 13.6 Å². The van der Waals surface area contributed by atoms with Crippen LogP contribution in [0.2, 0.25) is 0 Å². The molecular formula is C6H5BrF2N2OS. The third-order valence-corrected chi connectivity index (χ3v) is 2.64. The van der Waals surface area contributed by atoms with Gasteiger partial charge in [-0.1, -0.05) is 0 Å². The summed E-state index contributed by atoms with van der Waals surface area (Å²) >= 11 is 4.15. The topological polar surface area (TPSA) is 42.0 Å². The average Bonchev–Trinajstić information content (AvgIpc) is 2.47. The van der Waals surface area contributed by atoms with Gasteiger partial charge < -0.3 is 5.32 Å². The Morgan fingerprint density at radius 3 is 2.92 bits per heavy atom. The van der Waals surface area contributed by atoms with E-state index >= 15 is 0 Å². The third-order valence-electron chi connectivity index (χ3n) is 1.09. The van der Waals surface area contributed by atoms with Crippen molar-refractivity contribution >= 4 is 33.2 Å². The van der Waals surface area contributed by atoms with Gasteiger partial charge >= 0.3 is 0 Å². The molecule has 0 radical (unpaired) electrons. The zero-order valence-electron chi connectivity index (χ0n) is 6.26. The molecule has 1 rings (SSSR count). The smallest absolute Gasteiger partial charge is 0.280 e. The van der Waals surface area contributed by atoms with Crippen molar-refractivity contribution in [2.45, 2.75) is 6.43 Å². The van der Waals surface area contributed by atoms with Crippen LogP contribution < -0.4 is 5.32 Å². The Bertz CT molecular complexity index is 305. The van der Waals surface area contributed by atoms with Crippen molar-refractivity contribution in [3.63, 3.8) is 0 Å². The molecule has 0 aliphatic carbocycles. The molecule has 0 saturated carbocycles. The van der Waals surface area contributed by atoms with Gasteiger partial charge in [-0.3, -0.25) is 4.79 Å². The van der Waals surface area contributed by atoms with Gasteiger partial charge in [0, 0.05) is 5.38 Å². The number of hydrogen-bond acceptors (Lipinski definition) is 3. The molecule has 0 unspecified atom stereocenters. The number of hydrogen-bond donors (Lipinski definition) is 1. The van der Waals surface area contributed by atoms with E-state index in [-0.39, 0.29) is 5.01 Å². The molecule has 0 atom stereocenters. The number of aromatic nitrogens is 1. The van der Waals surface area contributed by atoms with Gasteiger partial charge in [0.1, 0.15) is 4.60 Å². The highest BCUT2D eigenvalue weighted by molar-refractivity contribution is 9.10. The first-order valence-corrected chi connectivity index (χ1v) is 4.94. The molecule has 72 valence electrons. The Labute approximate surface area is 85.3 Å². The third kappa shape index (κ3) is 3.35. The Balaban J connectivity index is 2.49. The summed E-state index contributed by atoms with van der Waals surface area (Å²) in [7, 11) is 0. The highest BCUT2D eigenvalue weighted by Gasteiger charge is 2.11. The normalized spacial score (nSPS) is 10.5. The number of rotatable bonds is 3. The maximum Gasteiger partial charge on any atom is 0.280 e. The van der Waals surface area contributed by atoms with Crippen LogP contribution in [0.4, 0.5) is 8.78 Å². The van der Waals surface area contributed by atoms with Crippen LogP contribution in [-0.2, 0) is 0 Å². The minimum atomic E-state index is -2.53. The van der Waals surface area contributed by atoms with Crippen LogP contribution in [0, 0.1) is 0 Å². The number of nitrogens with zero attached hydrogens (tertiary/aromatic N) is 1. The van der Waals surface area contributed by atoms with Gasteiger partial charge in [-0.25, -0.2) is 13.8 Å². The fourth-order valence-corrected chi connectivity index (χ4v) is 1.77. The quantitative estimate of drug-likeness (QED) is 0.912. The zero-order chi connectivity index (χ0) is 9.84. The zero-order valence-corrected chi connectivity index (χ0v) is 8.66. The van der Waals surface area contributed by atoms with E-state index in [1.54, 1.807) is 5.38 Å². The number of thiazole rings is 1. The molecule has 0 saturated heterocycles. The molecule has 1 aromatic heterocycles. The van der Waals surface area contributed by atoms with Crippen LogP contribution in [0.25, 0.3) is 0 Å². The number of nitrogens with one attached hydrogen (secondary N) is 1. The molecule has 0 spiro atoms. The first-order chi connectivity index (χ1) is 6.09. The molecule has 0 fully saturated rings. The number of carbonyl (C=O) groups is 1. The standard InChI is InChI=1S/C6H5BrF2N2OS/c7-3-2-13-6(11-3)5(12)10-1-4(8)9/h2,4H,1H2,(H,10,12). The van der Waals surface area contributed by atoms with Crippen LogP contribution >= 0.6 is 27.3 Å². The largest absolute Gasteiger partial charge is 0.344 e. The van der Waals surface area contributed by atoms with E-state index in [1.807, 2.05) is 5.32 Å². The molecule has 1 N–H and O–H groups in total. The molecule has 1 amide bonds. The van der Waals surface area contributed by atoms with Crippen molar-refractivity contribution in [1.29, 1.82) is 0 Å². The lowest BCUT2D eigenvalue weighted by molar-refractivity contribution is 0.0891. The van der Waals surface area contributed by atoms with Gasteiger partial charge in [-0.05, 0) is 15.9 Å². The Kier molecular flexibility index (Phi) is 3.73. The lowest BCUT2D eigenvalue weighted by atomic mass is 10.6. The highest BCUT2D eigenvalue weighted by Crippen LogP contribution is 2.14. The van der Waals surface area contributed by atoms with Crippen molar-refractivity contribution in [3.8, 4) is 0 Å². The second kappa shape index (κ2) is 4.61. The van der Waals surface area contributed by atoms with E-state index in [0.717, 1.165) is 11.3 Å². The van der Waals surface area contributed by atoms with Gasteiger partial charge in [0.05, 0.1) is 6.54 Å².